The number of fused-ring (bicyclic) bond motifs is 1. The van der Waals surface area contributed by atoms with Crippen molar-refractivity contribution in [2.24, 2.45) is 0 Å². The van der Waals surface area contributed by atoms with Crippen LogP contribution in [-0.2, 0) is 16.0 Å². The highest BCUT2D eigenvalue weighted by molar-refractivity contribution is 5.60. The standard InChI is InChI=1S/C15H19N3O2/c1-19-14(20-2)12-8-9-18-10-13(17-15(18)16-12)11-6-4-3-5-7-11/h3-7,10,12,14H,8-9H2,1-2H3,(H,16,17). The lowest BCUT2D eigenvalue weighted by molar-refractivity contribution is -0.114. The van der Waals surface area contributed by atoms with Crippen LogP contribution in [0, 0.1) is 0 Å². The summed E-state index contributed by atoms with van der Waals surface area (Å²) in [7, 11) is 3.32. The van der Waals surface area contributed by atoms with Crippen LogP contribution in [0.25, 0.3) is 11.3 Å². The Hall–Kier alpha value is -1.85. The predicted molar refractivity (Wildman–Crippen MR) is 77.5 cm³/mol. The van der Waals surface area contributed by atoms with Crippen molar-refractivity contribution in [3.63, 3.8) is 0 Å². The van der Waals surface area contributed by atoms with Crippen molar-refractivity contribution in [3.05, 3.63) is 36.5 Å². The van der Waals surface area contributed by atoms with Crippen molar-refractivity contribution in [2.45, 2.75) is 25.3 Å². The molecule has 106 valence electrons. The molecule has 1 aromatic carbocycles. The van der Waals surface area contributed by atoms with Gasteiger partial charge in [0.1, 0.15) is 0 Å². The lowest BCUT2D eigenvalue weighted by atomic mass is 10.1. The maximum absolute atomic E-state index is 5.32. The Morgan fingerprint density at radius 3 is 2.70 bits per heavy atom. The summed E-state index contributed by atoms with van der Waals surface area (Å²) in [5.41, 5.74) is 2.11. The summed E-state index contributed by atoms with van der Waals surface area (Å²) in [6.07, 6.45) is 2.78. The van der Waals surface area contributed by atoms with Crippen molar-refractivity contribution in [1.29, 1.82) is 0 Å². The van der Waals surface area contributed by atoms with Crippen LogP contribution in [0.3, 0.4) is 0 Å². The molecule has 20 heavy (non-hydrogen) atoms. The van der Waals surface area contributed by atoms with Gasteiger partial charge in [-0.15, -0.1) is 0 Å². The second-order valence-corrected chi connectivity index (χ2v) is 4.89. The molecule has 0 aliphatic carbocycles. The molecule has 1 aliphatic heterocycles. The van der Waals surface area contributed by atoms with Gasteiger partial charge in [-0.25, -0.2) is 4.98 Å². The fraction of sp³-hybridized carbons (Fsp3) is 0.400. The van der Waals surface area contributed by atoms with Gasteiger partial charge in [0.15, 0.2) is 6.29 Å². The molecule has 0 amide bonds. The molecule has 1 aromatic heterocycles. The van der Waals surface area contributed by atoms with E-state index in [1.54, 1.807) is 14.2 Å². The number of methoxy groups -OCH3 is 2. The van der Waals surface area contributed by atoms with Gasteiger partial charge >= 0.3 is 0 Å². The van der Waals surface area contributed by atoms with Crippen molar-refractivity contribution in [1.82, 2.24) is 9.55 Å². The van der Waals surface area contributed by atoms with E-state index in [0.717, 1.165) is 30.2 Å². The lowest BCUT2D eigenvalue weighted by Gasteiger charge is -2.30. The second-order valence-electron chi connectivity index (χ2n) is 4.89. The van der Waals surface area contributed by atoms with E-state index in [-0.39, 0.29) is 12.3 Å². The molecule has 1 aliphatic rings. The average Bonchev–Trinajstić information content (AvgIpc) is 2.93. The predicted octanol–water partition coefficient (Wildman–Crippen LogP) is 2.35. The summed E-state index contributed by atoms with van der Waals surface area (Å²) in [6, 6.07) is 10.3. The molecular formula is C15H19N3O2. The third kappa shape index (κ3) is 2.42. The summed E-state index contributed by atoms with van der Waals surface area (Å²) in [6.45, 7) is 0.913. The summed E-state index contributed by atoms with van der Waals surface area (Å²) in [4.78, 5) is 4.66. The highest BCUT2D eigenvalue weighted by Crippen LogP contribution is 2.25. The number of aromatic nitrogens is 2. The number of nitrogens with zero attached hydrogens (tertiary/aromatic N) is 2. The van der Waals surface area contributed by atoms with Crippen LogP contribution in [0.1, 0.15) is 6.42 Å². The Morgan fingerprint density at radius 1 is 1.25 bits per heavy atom. The van der Waals surface area contributed by atoms with E-state index in [2.05, 4.69) is 33.2 Å². The second kappa shape index (κ2) is 5.64. The number of aryl methyl sites for hydroxylation is 1. The maximum atomic E-state index is 5.32. The summed E-state index contributed by atoms with van der Waals surface area (Å²) < 4.78 is 12.8. The van der Waals surface area contributed by atoms with Gasteiger partial charge in [-0.2, -0.15) is 0 Å². The van der Waals surface area contributed by atoms with Gasteiger partial charge in [0.25, 0.3) is 0 Å². The number of rotatable bonds is 4. The zero-order valence-corrected chi connectivity index (χ0v) is 11.7. The normalized spacial score (nSPS) is 17.9. The summed E-state index contributed by atoms with van der Waals surface area (Å²) >= 11 is 0. The van der Waals surface area contributed by atoms with Crippen LogP contribution >= 0.6 is 0 Å². The first-order valence-corrected chi connectivity index (χ1v) is 6.76. The maximum Gasteiger partial charge on any atom is 0.203 e. The first-order valence-electron chi connectivity index (χ1n) is 6.76. The zero-order valence-electron chi connectivity index (χ0n) is 11.7. The minimum absolute atomic E-state index is 0.128. The molecule has 1 N–H and O–H groups in total. The van der Waals surface area contributed by atoms with Crippen molar-refractivity contribution in [2.75, 3.05) is 19.5 Å². The molecule has 1 atom stereocenters. The fourth-order valence-electron chi connectivity index (χ4n) is 2.59. The molecule has 2 aromatic rings. The Morgan fingerprint density at radius 2 is 2.00 bits per heavy atom. The number of ether oxygens (including phenoxy) is 2. The van der Waals surface area contributed by atoms with E-state index in [9.17, 15) is 0 Å². The number of anilines is 1. The Labute approximate surface area is 118 Å². The SMILES string of the molecule is COC(OC)C1CCn2cc(-c3ccccc3)nc2N1. The number of nitrogens with one attached hydrogen (secondary N) is 1. The number of benzene rings is 1. The first kappa shape index (κ1) is 13.1. The van der Waals surface area contributed by atoms with Crippen LogP contribution in [0.15, 0.2) is 36.5 Å². The molecule has 0 radical (unpaired) electrons. The van der Waals surface area contributed by atoms with Gasteiger partial charge in [-0.3, -0.25) is 0 Å². The highest BCUT2D eigenvalue weighted by atomic mass is 16.7. The molecule has 2 heterocycles. The molecule has 5 heteroatoms. The van der Waals surface area contributed by atoms with Crippen molar-refractivity contribution < 1.29 is 9.47 Å². The molecule has 0 spiro atoms. The Bertz CT molecular complexity index is 564. The van der Waals surface area contributed by atoms with E-state index in [0.29, 0.717) is 0 Å². The molecule has 0 saturated carbocycles. The quantitative estimate of drug-likeness (QED) is 0.869. The molecule has 0 bridgehead atoms. The lowest BCUT2D eigenvalue weighted by Crippen LogP contribution is -2.40. The van der Waals surface area contributed by atoms with Crippen molar-refractivity contribution >= 4 is 5.95 Å². The number of imidazole rings is 1. The zero-order chi connectivity index (χ0) is 13.9. The van der Waals surface area contributed by atoms with Gasteiger partial charge in [0.05, 0.1) is 11.7 Å². The van der Waals surface area contributed by atoms with E-state index in [1.807, 2.05) is 18.2 Å². The van der Waals surface area contributed by atoms with Gasteiger partial charge in [-0.05, 0) is 6.42 Å². The Balaban J connectivity index is 1.83. The third-order valence-corrected chi connectivity index (χ3v) is 3.63. The van der Waals surface area contributed by atoms with Crippen LogP contribution in [-0.4, -0.2) is 36.1 Å². The van der Waals surface area contributed by atoms with E-state index in [4.69, 9.17) is 9.47 Å². The van der Waals surface area contributed by atoms with Gasteiger partial charge in [-0.1, -0.05) is 30.3 Å². The Kier molecular flexibility index (Phi) is 3.71. The van der Waals surface area contributed by atoms with E-state index in [1.165, 1.54) is 0 Å². The van der Waals surface area contributed by atoms with Crippen LogP contribution in [0.5, 0.6) is 0 Å². The topological polar surface area (TPSA) is 48.3 Å². The molecule has 1 unspecified atom stereocenters. The minimum atomic E-state index is -0.249. The first-order chi connectivity index (χ1) is 9.81. The number of hydrogen-bond acceptors (Lipinski definition) is 4. The molecule has 5 nitrogen and oxygen atoms in total. The molecule has 3 rings (SSSR count). The highest BCUT2D eigenvalue weighted by Gasteiger charge is 2.27. The van der Waals surface area contributed by atoms with Crippen LogP contribution < -0.4 is 5.32 Å². The van der Waals surface area contributed by atoms with Gasteiger partial charge in [0.2, 0.25) is 5.95 Å². The molecule has 0 fully saturated rings. The van der Waals surface area contributed by atoms with Crippen LogP contribution in [0.2, 0.25) is 0 Å². The smallest absolute Gasteiger partial charge is 0.203 e. The van der Waals surface area contributed by atoms with Crippen molar-refractivity contribution in [3.8, 4) is 11.3 Å². The van der Waals surface area contributed by atoms with Gasteiger partial charge in [0, 0.05) is 32.5 Å². The summed E-state index contributed by atoms with van der Waals surface area (Å²) in [5, 5.41) is 3.39. The van der Waals surface area contributed by atoms with E-state index >= 15 is 0 Å². The monoisotopic (exact) mass is 273 g/mol. The minimum Gasteiger partial charge on any atom is -0.354 e. The van der Waals surface area contributed by atoms with Crippen LogP contribution in [0.4, 0.5) is 5.95 Å². The summed E-state index contributed by atoms with van der Waals surface area (Å²) in [5.74, 6) is 0.874. The van der Waals surface area contributed by atoms with E-state index < -0.39 is 0 Å². The number of hydrogen-bond donors (Lipinski definition) is 1. The molecule has 0 saturated heterocycles. The fourth-order valence-corrected chi connectivity index (χ4v) is 2.59. The third-order valence-electron chi connectivity index (χ3n) is 3.63. The van der Waals surface area contributed by atoms with Gasteiger partial charge < -0.3 is 19.4 Å². The average molecular weight is 273 g/mol. The molecular weight excluding hydrogens is 254 g/mol. The largest absolute Gasteiger partial charge is 0.354 e.